The van der Waals surface area contributed by atoms with E-state index in [1.54, 1.807) is 0 Å². The molecule has 0 spiro atoms. The average Bonchev–Trinajstić information content (AvgIpc) is 2.85. The van der Waals surface area contributed by atoms with Crippen molar-refractivity contribution in [3.8, 4) is 0 Å². The van der Waals surface area contributed by atoms with Gasteiger partial charge in [0, 0.05) is 0 Å². The Balaban J connectivity index is 2.33. The van der Waals surface area contributed by atoms with Gasteiger partial charge in [0.25, 0.3) is 0 Å². The summed E-state index contributed by atoms with van der Waals surface area (Å²) < 4.78 is 2.04. The zero-order valence-corrected chi connectivity index (χ0v) is 7.88. The van der Waals surface area contributed by atoms with Gasteiger partial charge in [-0.2, -0.15) is 0 Å². The maximum absolute atomic E-state index is 5.73. The van der Waals surface area contributed by atoms with Crippen LogP contribution in [0, 0.1) is 0 Å². The van der Waals surface area contributed by atoms with E-state index in [0.717, 1.165) is 12.1 Å². The molecule has 0 bridgehead atoms. The third-order valence-electron chi connectivity index (χ3n) is 2.23. The van der Waals surface area contributed by atoms with Gasteiger partial charge in [-0.3, -0.25) is 0 Å². The first-order valence-electron chi connectivity index (χ1n) is 4.35. The molecule has 0 N–H and O–H groups in total. The third-order valence-corrected chi connectivity index (χ3v) is 2.48. The molecule has 1 saturated carbocycles. The smallest absolute Gasteiger partial charge is 0.101 e. The highest BCUT2D eigenvalue weighted by molar-refractivity contribution is 6.16. The lowest BCUT2D eigenvalue weighted by atomic mass is 10.3. The fourth-order valence-corrected chi connectivity index (χ4v) is 1.64. The second-order valence-electron chi connectivity index (χ2n) is 3.15. The molecule has 12 heavy (non-hydrogen) atoms. The molecule has 0 radical (unpaired) electrons. The van der Waals surface area contributed by atoms with Crippen molar-refractivity contribution in [3.05, 3.63) is 11.4 Å². The highest BCUT2D eigenvalue weighted by Gasteiger charge is 2.27. The van der Waals surface area contributed by atoms with E-state index < -0.39 is 0 Å². The van der Waals surface area contributed by atoms with Crippen LogP contribution in [-0.4, -0.2) is 15.0 Å². The molecule has 4 heteroatoms. The van der Waals surface area contributed by atoms with Crippen molar-refractivity contribution < 1.29 is 0 Å². The standard InChI is InChI=1S/C8H12ClN3/c1-2-8-7(5-9)10-11-12(8)6-3-4-6/h6H,2-5H2,1H3. The maximum atomic E-state index is 5.73. The van der Waals surface area contributed by atoms with Gasteiger partial charge in [-0.05, 0) is 19.3 Å². The van der Waals surface area contributed by atoms with E-state index in [4.69, 9.17) is 11.6 Å². The van der Waals surface area contributed by atoms with Crippen LogP contribution in [0.15, 0.2) is 0 Å². The van der Waals surface area contributed by atoms with Crippen LogP contribution in [0.4, 0.5) is 0 Å². The summed E-state index contributed by atoms with van der Waals surface area (Å²) in [6.45, 7) is 2.12. The molecule has 1 heterocycles. The van der Waals surface area contributed by atoms with Crippen LogP contribution in [-0.2, 0) is 12.3 Å². The van der Waals surface area contributed by atoms with Crippen molar-refractivity contribution in [1.82, 2.24) is 15.0 Å². The van der Waals surface area contributed by atoms with Gasteiger partial charge in [0.2, 0.25) is 0 Å². The van der Waals surface area contributed by atoms with Crippen molar-refractivity contribution in [2.45, 2.75) is 38.1 Å². The molecule has 1 fully saturated rings. The normalized spacial score (nSPS) is 16.8. The fraction of sp³-hybridized carbons (Fsp3) is 0.750. The molecular formula is C8H12ClN3. The Hall–Kier alpha value is -0.570. The van der Waals surface area contributed by atoms with Gasteiger partial charge >= 0.3 is 0 Å². The molecule has 3 nitrogen and oxygen atoms in total. The molecule has 2 rings (SSSR count). The minimum Gasteiger partial charge on any atom is -0.246 e. The SMILES string of the molecule is CCc1c(CCl)nnn1C1CC1. The number of nitrogens with zero attached hydrogens (tertiary/aromatic N) is 3. The summed E-state index contributed by atoms with van der Waals surface area (Å²) in [4.78, 5) is 0. The highest BCUT2D eigenvalue weighted by atomic mass is 35.5. The van der Waals surface area contributed by atoms with Gasteiger partial charge in [0.05, 0.1) is 17.6 Å². The van der Waals surface area contributed by atoms with Crippen LogP contribution in [0.2, 0.25) is 0 Å². The number of rotatable bonds is 3. The second-order valence-corrected chi connectivity index (χ2v) is 3.41. The quantitative estimate of drug-likeness (QED) is 0.674. The summed E-state index contributed by atoms with van der Waals surface area (Å²) in [6.07, 6.45) is 3.47. The van der Waals surface area contributed by atoms with Crippen molar-refractivity contribution in [2.75, 3.05) is 0 Å². The molecule has 1 aliphatic rings. The molecule has 0 unspecified atom stereocenters. The Labute approximate surface area is 76.7 Å². The van der Waals surface area contributed by atoms with Crippen LogP contribution >= 0.6 is 11.6 Å². The van der Waals surface area contributed by atoms with Gasteiger partial charge in [-0.15, -0.1) is 16.7 Å². The molecule has 0 atom stereocenters. The van der Waals surface area contributed by atoms with E-state index in [-0.39, 0.29) is 0 Å². The minimum absolute atomic E-state index is 0.482. The Bertz CT molecular complexity index is 278. The number of hydrogen-bond donors (Lipinski definition) is 0. The van der Waals surface area contributed by atoms with Crippen LogP contribution < -0.4 is 0 Å². The monoisotopic (exact) mass is 185 g/mol. The predicted octanol–water partition coefficient (Wildman–Crippen LogP) is 1.91. The molecule has 0 aliphatic heterocycles. The van der Waals surface area contributed by atoms with Gasteiger partial charge in [0.15, 0.2) is 0 Å². The summed E-state index contributed by atoms with van der Waals surface area (Å²) in [5.41, 5.74) is 2.17. The zero-order valence-electron chi connectivity index (χ0n) is 7.13. The Morgan fingerprint density at radius 3 is 2.83 bits per heavy atom. The number of hydrogen-bond acceptors (Lipinski definition) is 2. The fourth-order valence-electron chi connectivity index (χ4n) is 1.43. The second kappa shape index (κ2) is 3.05. The van der Waals surface area contributed by atoms with Gasteiger partial charge in [-0.25, -0.2) is 4.68 Å². The Kier molecular flexibility index (Phi) is 2.05. The van der Waals surface area contributed by atoms with Crippen molar-refractivity contribution >= 4 is 11.6 Å². The van der Waals surface area contributed by atoms with E-state index in [1.807, 2.05) is 4.68 Å². The van der Waals surface area contributed by atoms with Crippen molar-refractivity contribution in [1.29, 1.82) is 0 Å². The topological polar surface area (TPSA) is 30.7 Å². The van der Waals surface area contributed by atoms with Crippen LogP contribution in [0.1, 0.15) is 37.2 Å². The van der Waals surface area contributed by atoms with Crippen LogP contribution in [0.3, 0.4) is 0 Å². The Morgan fingerprint density at radius 2 is 2.33 bits per heavy atom. The summed E-state index contributed by atoms with van der Waals surface area (Å²) >= 11 is 5.73. The van der Waals surface area contributed by atoms with E-state index in [2.05, 4.69) is 17.2 Å². The predicted molar refractivity (Wildman–Crippen MR) is 47.2 cm³/mol. The molecule has 0 amide bonds. The van der Waals surface area contributed by atoms with E-state index in [9.17, 15) is 0 Å². The molecule has 0 saturated heterocycles. The summed E-state index contributed by atoms with van der Waals surface area (Å²) in [6, 6.07) is 0.615. The maximum Gasteiger partial charge on any atom is 0.101 e. The van der Waals surface area contributed by atoms with Crippen LogP contribution in [0.5, 0.6) is 0 Å². The molecular weight excluding hydrogens is 174 g/mol. The number of alkyl halides is 1. The van der Waals surface area contributed by atoms with Crippen molar-refractivity contribution in [3.63, 3.8) is 0 Å². The zero-order chi connectivity index (χ0) is 8.55. The number of halogens is 1. The first kappa shape index (κ1) is 8.05. The van der Waals surface area contributed by atoms with Gasteiger partial charge < -0.3 is 0 Å². The summed E-state index contributed by atoms with van der Waals surface area (Å²) in [7, 11) is 0. The lowest BCUT2D eigenvalue weighted by Crippen LogP contribution is -2.02. The molecule has 66 valence electrons. The highest BCUT2D eigenvalue weighted by Crippen LogP contribution is 2.35. The minimum atomic E-state index is 0.482. The van der Waals surface area contributed by atoms with Gasteiger partial charge in [-0.1, -0.05) is 12.1 Å². The lowest BCUT2D eigenvalue weighted by Gasteiger charge is -2.01. The average molecular weight is 186 g/mol. The third kappa shape index (κ3) is 1.22. The molecule has 0 aromatic carbocycles. The first-order chi connectivity index (χ1) is 5.86. The van der Waals surface area contributed by atoms with E-state index >= 15 is 0 Å². The largest absolute Gasteiger partial charge is 0.246 e. The van der Waals surface area contributed by atoms with E-state index in [1.165, 1.54) is 18.5 Å². The summed E-state index contributed by atoms with van der Waals surface area (Å²) in [5.74, 6) is 0.482. The first-order valence-corrected chi connectivity index (χ1v) is 4.89. The van der Waals surface area contributed by atoms with Crippen molar-refractivity contribution in [2.24, 2.45) is 0 Å². The van der Waals surface area contributed by atoms with Gasteiger partial charge in [0.1, 0.15) is 5.69 Å². The molecule has 1 aliphatic carbocycles. The number of aromatic nitrogens is 3. The Morgan fingerprint density at radius 1 is 1.58 bits per heavy atom. The lowest BCUT2D eigenvalue weighted by molar-refractivity contribution is 0.585. The summed E-state index contributed by atoms with van der Waals surface area (Å²) in [5, 5.41) is 8.15. The molecule has 1 aromatic rings. The molecule has 1 aromatic heterocycles. The van der Waals surface area contributed by atoms with Crippen LogP contribution in [0.25, 0.3) is 0 Å². The van der Waals surface area contributed by atoms with E-state index in [0.29, 0.717) is 11.9 Å².